The van der Waals surface area contributed by atoms with E-state index < -0.39 is 0 Å². The van der Waals surface area contributed by atoms with Crippen LogP contribution < -0.4 is 0 Å². The van der Waals surface area contributed by atoms with Gasteiger partial charge >= 0.3 is 0 Å². The second-order valence-corrected chi connectivity index (χ2v) is 2.94. The van der Waals surface area contributed by atoms with E-state index in [2.05, 4.69) is 0 Å². The molecular weight excluding hydrogens is 156 g/mol. The lowest BCUT2D eigenvalue weighted by molar-refractivity contribution is 0.172. The lowest BCUT2D eigenvalue weighted by atomic mass is 10.5. The van der Waals surface area contributed by atoms with Crippen LogP contribution in [0.15, 0.2) is 17.5 Å². The van der Waals surface area contributed by atoms with E-state index in [4.69, 9.17) is 16.3 Å². The molecule has 1 heterocycles. The van der Waals surface area contributed by atoms with Crippen molar-refractivity contribution in [3.8, 4) is 0 Å². The summed E-state index contributed by atoms with van der Waals surface area (Å²) in [4.78, 5) is 1.05. The molecule has 0 aliphatic rings. The highest BCUT2D eigenvalue weighted by Gasteiger charge is 2.04. The van der Waals surface area contributed by atoms with Gasteiger partial charge in [0.2, 0.25) is 0 Å². The van der Waals surface area contributed by atoms with E-state index in [0.717, 1.165) is 4.88 Å². The van der Waals surface area contributed by atoms with Gasteiger partial charge in [-0.05, 0) is 11.4 Å². The van der Waals surface area contributed by atoms with Gasteiger partial charge in [0.25, 0.3) is 0 Å². The summed E-state index contributed by atoms with van der Waals surface area (Å²) < 4.78 is 4.87. The summed E-state index contributed by atoms with van der Waals surface area (Å²) in [6, 6.07) is 3.90. The molecule has 9 heavy (non-hydrogen) atoms. The number of methoxy groups -OCH3 is 1. The number of halogens is 1. The zero-order valence-corrected chi connectivity index (χ0v) is 6.58. The van der Waals surface area contributed by atoms with Crippen LogP contribution in [0.2, 0.25) is 0 Å². The van der Waals surface area contributed by atoms with Crippen LogP contribution in [-0.2, 0) is 4.74 Å². The largest absolute Gasteiger partial charge is 0.361 e. The predicted octanol–water partition coefficient (Wildman–Crippen LogP) is 2.63. The zero-order valence-electron chi connectivity index (χ0n) is 5.00. The Labute approximate surface area is 63.2 Å². The van der Waals surface area contributed by atoms with Crippen LogP contribution in [0.1, 0.15) is 10.4 Å². The zero-order chi connectivity index (χ0) is 6.69. The second-order valence-electron chi connectivity index (χ2n) is 1.57. The van der Waals surface area contributed by atoms with E-state index in [-0.39, 0.29) is 5.56 Å². The third-order valence-corrected chi connectivity index (χ3v) is 2.43. The van der Waals surface area contributed by atoms with Crippen LogP contribution in [-0.4, -0.2) is 7.11 Å². The van der Waals surface area contributed by atoms with Gasteiger partial charge in [0.1, 0.15) is 0 Å². The average Bonchev–Trinajstić information content (AvgIpc) is 2.37. The molecule has 0 fully saturated rings. The molecule has 0 radical (unpaired) electrons. The second kappa shape index (κ2) is 3.20. The lowest BCUT2D eigenvalue weighted by Crippen LogP contribution is -1.86. The fourth-order valence-corrected chi connectivity index (χ4v) is 1.44. The Bertz CT molecular complexity index is 162. The third kappa shape index (κ3) is 1.68. The molecule has 0 spiro atoms. The molecule has 0 aliphatic carbocycles. The van der Waals surface area contributed by atoms with Gasteiger partial charge in [0.05, 0.1) is 0 Å². The van der Waals surface area contributed by atoms with E-state index >= 15 is 0 Å². The monoisotopic (exact) mass is 162 g/mol. The van der Waals surface area contributed by atoms with Gasteiger partial charge < -0.3 is 4.74 Å². The van der Waals surface area contributed by atoms with Crippen LogP contribution in [0.4, 0.5) is 0 Å². The minimum absolute atomic E-state index is 0.273. The summed E-state index contributed by atoms with van der Waals surface area (Å²) in [6.45, 7) is 0. The fraction of sp³-hybridized carbons (Fsp3) is 0.333. The SMILES string of the molecule is COC(Cl)c1cccs1. The highest BCUT2D eigenvalue weighted by atomic mass is 35.5. The number of rotatable bonds is 2. The van der Waals surface area contributed by atoms with Crippen molar-refractivity contribution in [3.05, 3.63) is 22.4 Å². The highest BCUT2D eigenvalue weighted by Crippen LogP contribution is 2.24. The standard InChI is InChI=1S/C6H7ClOS/c1-8-6(7)5-3-2-4-9-5/h2-4,6H,1H3. The first kappa shape index (κ1) is 7.06. The smallest absolute Gasteiger partial charge is 0.165 e. The van der Waals surface area contributed by atoms with Crippen LogP contribution in [0, 0.1) is 0 Å². The number of alkyl halides is 1. The van der Waals surface area contributed by atoms with Crippen molar-refractivity contribution < 1.29 is 4.74 Å². The Kier molecular flexibility index (Phi) is 2.51. The van der Waals surface area contributed by atoms with Gasteiger partial charge in [-0.25, -0.2) is 0 Å². The number of hydrogen-bond acceptors (Lipinski definition) is 2. The quantitative estimate of drug-likeness (QED) is 0.608. The molecule has 1 unspecified atom stereocenters. The van der Waals surface area contributed by atoms with Crippen molar-refractivity contribution in [2.45, 2.75) is 5.56 Å². The molecule has 50 valence electrons. The molecule has 0 saturated heterocycles. The van der Waals surface area contributed by atoms with Crippen molar-refractivity contribution >= 4 is 22.9 Å². The number of hydrogen-bond donors (Lipinski definition) is 0. The van der Waals surface area contributed by atoms with Gasteiger partial charge in [0.15, 0.2) is 5.56 Å². The Balaban J connectivity index is 2.65. The first-order chi connectivity index (χ1) is 4.34. The summed E-state index contributed by atoms with van der Waals surface area (Å²) >= 11 is 7.32. The van der Waals surface area contributed by atoms with Gasteiger partial charge in [-0.1, -0.05) is 17.7 Å². The third-order valence-electron chi connectivity index (χ3n) is 0.974. The van der Waals surface area contributed by atoms with Crippen molar-refractivity contribution in [2.24, 2.45) is 0 Å². The molecular formula is C6H7ClOS. The van der Waals surface area contributed by atoms with E-state index in [0.29, 0.717) is 0 Å². The summed E-state index contributed by atoms with van der Waals surface area (Å²) in [7, 11) is 1.59. The molecule has 1 aromatic heterocycles. The normalized spacial score (nSPS) is 13.6. The minimum Gasteiger partial charge on any atom is -0.361 e. The maximum atomic E-state index is 5.72. The molecule has 0 N–H and O–H groups in total. The molecule has 1 aromatic rings. The topological polar surface area (TPSA) is 9.23 Å². The van der Waals surface area contributed by atoms with E-state index in [1.165, 1.54) is 0 Å². The molecule has 1 nitrogen and oxygen atoms in total. The van der Waals surface area contributed by atoms with Gasteiger partial charge in [-0.2, -0.15) is 0 Å². The molecule has 0 amide bonds. The fourth-order valence-electron chi connectivity index (χ4n) is 0.537. The van der Waals surface area contributed by atoms with Crippen molar-refractivity contribution in [3.63, 3.8) is 0 Å². The van der Waals surface area contributed by atoms with Crippen LogP contribution in [0.25, 0.3) is 0 Å². The predicted molar refractivity (Wildman–Crippen MR) is 39.9 cm³/mol. The van der Waals surface area contributed by atoms with E-state index in [9.17, 15) is 0 Å². The molecule has 0 aliphatic heterocycles. The Morgan fingerprint density at radius 1 is 1.78 bits per heavy atom. The van der Waals surface area contributed by atoms with Crippen molar-refractivity contribution in [1.82, 2.24) is 0 Å². The molecule has 0 bridgehead atoms. The van der Waals surface area contributed by atoms with Gasteiger partial charge in [0, 0.05) is 12.0 Å². The molecule has 0 aromatic carbocycles. The van der Waals surface area contributed by atoms with Crippen LogP contribution >= 0.6 is 22.9 Å². The summed E-state index contributed by atoms with van der Waals surface area (Å²) in [5.74, 6) is 0. The molecule has 3 heteroatoms. The average molecular weight is 163 g/mol. The van der Waals surface area contributed by atoms with Crippen molar-refractivity contribution in [2.75, 3.05) is 7.11 Å². The van der Waals surface area contributed by atoms with Gasteiger partial charge in [-0.3, -0.25) is 0 Å². The Morgan fingerprint density at radius 2 is 2.56 bits per heavy atom. The Hall–Kier alpha value is -0.0500. The summed E-state index contributed by atoms with van der Waals surface area (Å²) in [5, 5.41) is 1.98. The first-order valence-electron chi connectivity index (χ1n) is 2.55. The van der Waals surface area contributed by atoms with E-state index in [1.807, 2.05) is 17.5 Å². The minimum atomic E-state index is -0.273. The summed E-state index contributed by atoms with van der Waals surface area (Å²) in [5.41, 5.74) is -0.273. The molecule has 0 saturated carbocycles. The van der Waals surface area contributed by atoms with Crippen molar-refractivity contribution in [1.29, 1.82) is 0 Å². The highest BCUT2D eigenvalue weighted by molar-refractivity contribution is 7.10. The Morgan fingerprint density at radius 3 is 3.00 bits per heavy atom. The lowest BCUT2D eigenvalue weighted by Gasteiger charge is -2.01. The van der Waals surface area contributed by atoms with Crippen LogP contribution in [0.3, 0.4) is 0 Å². The maximum Gasteiger partial charge on any atom is 0.165 e. The summed E-state index contributed by atoms with van der Waals surface area (Å²) in [6.07, 6.45) is 0. The number of ether oxygens (including phenoxy) is 1. The van der Waals surface area contributed by atoms with Gasteiger partial charge in [-0.15, -0.1) is 11.3 Å². The molecule has 1 rings (SSSR count). The maximum absolute atomic E-state index is 5.72. The van der Waals surface area contributed by atoms with Crippen LogP contribution in [0.5, 0.6) is 0 Å². The number of thiophene rings is 1. The first-order valence-corrected chi connectivity index (χ1v) is 3.86. The van der Waals surface area contributed by atoms with E-state index in [1.54, 1.807) is 18.4 Å². The molecule has 1 atom stereocenters.